The van der Waals surface area contributed by atoms with E-state index < -0.39 is 35.5 Å². The molecule has 1 saturated carbocycles. The van der Waals surface area contributed by atoms with Crippen molar-refractivity contribution >= 4 is 29.1 Å². The molecule has 0 aliphatic heterocycles. The van der Waals surface area contributed by atoms with Crippen LogP contribution in [0.2, 0.25) is 10.2 Å². The number of aliphatic hydroxyl groups is 1. The molecule has 0 radical (unpaired) electrons. The van der Waals surface area contributed by atoms with Crippen molar-refractivity contribution in [3.63, 3.8) is 0 Å². The predicted molar refractivity (Wildman–Crippen MR) is 104 cm³/mol. The van der Waals surface area contributed by atoms with E-state index in [0.29, 0.717) is 6.07 Å². The number of rotatable bonds is 4. The molecule has 1 amide bonds. The zero-order valence-electron chi connectivity index (χ0n) is 15.5. The monoisotopic (exact) mass is 464 g/mol. The number of nitrogens with zero attached hydrogens (tertiary/aromatic N) is 1. The Morgan fingerprint density at radius 1 is 1.20 bits per heavy atom. The molecular weight excluding hydrogens is 447 g/mol. The molecule has 162 valence electrons. The Morgan fingerprint density at radius 2 is 1.87 bits per heavy atom. The number of hydrogen-bond acceptors (Lipinski definition) is 3. The first kappa shape index (κ1) is 22.8. The number of carbonyl (C=O) groups is 1. The summed E-state index contributed by atoms with van der Waals surface area (Å²) in [6.07, 6.45) is -5.33. The summed E-state index contributed by atoms with van der Waals surface area (Å²) >= 11 is 11.9. The Hall–Kier alpha value is -1.90. The lowest BCUT2D eigenvalue weighted by Gasteiger charge is -2.40. The number of alkyl halides is 4. The average molecular weight is 465 g/mol. The Bertz CT molecular complexity index is 931. The minimum absolute atomic E-state index is 0.0635. The fraction of sp³-hybridized carbons (Fsp3) is 0.400. The van der Waals surface area contributed by atoms with Crippen LogP contribution in [-0.4, -0.2) is 27.8 Å². The van der Waals surface area contributed by atoms with Crippen molar-refractivity contribution in [1.82, 2.24) is 10.3 Å². The number of benzene rings is 1. The third kappa shape index (κ3) is 5.04. The number of pyridine rings is 1. The van der Waals surface area contributed by atoms with Gasteiger partial charge in [0.15, 0.2) is 0 Å². The fourth-order valence-electron chi connectivity index (χ4n) is 3.52. The minimum Gasteiger partial charge on any atom is -0.387 e. The van der Waals surface area contributed by atoms with Gasteiger partial charge in [0, 0.05) is 0 Å². The van der Waals surface area contributed by atoms with Gasteiger partial charge in [-0.3, -0.25) is 4.79 Å². The van der Waals surface area contributed by atoms with Crippen molar-refractivity contribution in [2.45, 2.75) is 49.7 Å². The Morgan fingerprint density at radius 3 is 2.43 bits per heavy atom. The average Bonchev–Trinajstić information content (AvgIpc) is 2.67. The highest BCUT2D eigenvalue weighted by Gasteiger charge is 2.43. The van der Waals surface area contributed by atoms with Gasteiger partial charge in [-0.1, -0.05) is 29.3 Å². The summed E-state index contributed by atoms with van der Waals surface area (Å²) in [4.78, 5) is 17.0. The third-order valence-corrected chi connectivity index (χ3v) is 5.69. The van der Waals surface area contributed by atoms with Crippen molar-refractivity contribution in [2.75, 3.05) is 0 Å². The zero-order chi connectivity index (χ0) is 22.1. The van der Waals surface area contributed by atoms with Gasteiger partial charge in [0.1, 0.15) is 17.4 Å². The van der Waals surface area contributed by atoms with Crippen molar-refractivity contribution in [2.24, 2.45) is 0 Å². The third-order valence-electron chi connectivity index (χ3n) is 5.17. The molecule has 0 spiro atoms. The number of amides is 1. The van der Waals surface area contributed by atoms with Crippen LogP contribution >= 0.6 is 23.2 Å². The van der Waals surface area contributed by atoms with Crippen LogP contribution in [0.3, 0.4) is 0 Å². The topological polar surface area (TPSA) is 62.2 Å². The second kappa shape index (κ2) is 8.69. The van der Waals surface area contributed by atoms with Gasteiger partial charge in [0.05, 0.1) is 27.4 Å². The summed E-state index contributed by atoms with van der Waals surface area (Å²) in [6.45, 7) is 0. The molecule has 30 heavy (non-hydrogen) atoms. The maximum Gasteiger partial charge on any atom is 0.416 e. The number of hydrogen-bond donors (Lipinski definition) is 2. The Kier molecular flexibility index (Phi) is 6.60. The molecule has 1 aliphatic carbocycles. The van der Waals surface area contributed by atoms with Gasteiger partial charge in [-0.15, -0.1) is 0 Å². The normalized spacial score (nSPS) is 23.1. The summed E-state index contributed by atoms with van der Waals surface area (Å²) in [6, 6.07) is 5.95. The molecule has 3 rings (SSSR count). The standard InChI is InChI=1S/C20H18Cl2F4N2O2/c21-14-10-11(20(24,25)26)4-5-13(14)18(29)28-17(15-2-1-3-16(22)27-15)19(30)8-6-12(23)7-9-19/h1-5,10,12,17,30H,6-9H2,(H,28,29). The molecule has 4 nitrogen and oxygen atoms in total. The fourth-order valence-corrected chi connectivity index (χ4v) is 3.96. The van der Waals surface area contributed by atoms with Gasteiger partial charge < -0.3 is 10.4 Å². The molecule has 1 heterocycles. The van der Waals surface area contributed by atoms with Crippen molar-refractivity contribution < 1.29 is 27.5 Å². The van der Waals surface area contributed by atoms with Crippen molar-refractivity contribution in [3.8, 4) is 0 Å². The molecular formula is C20H18Cl2F4N2O2. The molecule has 1 aromatic heterocycles. The largest absolute Gasteiger partial charge is 0.416 e. The molecule has 1 aliphatic rings. The highest BCUT2D eigenvalue weighted by Crippen LogP contribution is 2.40. The lowest BCUT2D eigenvalue weighted by atomic mass is 9.77. The molecule has 10 heteroatoms. The van der Waals surface area contributed by atoms with Crippen LogP contribution in [0.25, 0.3) is 0 Å². The van der Waals surface area contributed by atoms with Crippen LogP contribution < -0.4 is 5.32 Å². The summed E-state index contributed by atoms with van der Waals surface area (Å²) in [5, 5.41) is 13.5. The van der Waals surface area contributed by atoms with Crippen molar-refractivity contribution in [3.05, 3.63) is 63.4 Å². The van der Waals surface area contributed by atoms with Gasteiger partial charge >= 0.3 is 6.18 Å². The van der Waals surface area contributed by atoms with E-state index in [2.05, 4.69) is 10.3 Å². The Balaban J connectivity index is 1.92. The van der Waals surface area contributed by atoms with E-state index in [9.17, 15) is 27.5 Å². The maximum atomic E-state index is 13.6. The maximum absolute atomic E-state index is 13.6. The highest BCUT2D eigenvalue weighted by molar-refractivity contribution is 6.34. The van der Waals surface area contributed by atoms with Gasteiger partial charge in [0.25, 0.3) is 5.91 Å². The summed E-state index contributed by atoms with van der Waals surface area (Å²) in [7, 11) is 0. The summed E-state index contributed by atoms with van der Waals surface area (Å²) < 4.78 is 52.2. The van der Waals surface area contributed by atoms with Crippen LogP contribution in [0.5, 0.6) is 0 Å². The lowest BCUT2D eigenvalue weighted by Crippen LogP contribution is -2.49. The number of carbonyl (C=O) groups excluding carboxylic acids is 1. The second-order valence-electron chi connectivity index (χ2n) is 7.26. The first-order valence-electron chi connectivity index (χ1n) is 9.16. The Labute approximate surface area is 180 Å². The van der Waals surface area contributed by atoms with Crippen molar-refractivity contribution in [1.29, 1.82) is 0 Å². The zero-order valence-corrected chi connectivity index (χ0v) is 17.0. The van der Waals surface area contributed by atoms with Crippen LogP contribution in [0.4, 0.5) is 17.6 Å². The second-order valence-corrected chi connectivity index (χ2v) is 8.06. The molecule has 1 atom stereocenters. The van der Waals surface area contributed by atoms with Crippen LogP contribution in [0.15, 0.2) is 36.4 Å². The van der Waals surface area contributed by atoms with E-state index in [1.54, 1.807) is 12.1 Å². The van der Waals surface area contributed by atoms with E-state index in [4.69, 9.17) is 23.2 Å². The first-order chi connectivity index (χ1) is 14.0. The molecule has 1 aromatic carbocycles. The van der Waals surface area contributed by atoms with E-state index in [1.165, 1.54) is 6.07 Å². The van der Waals surface area contributed by atoms with E-state index in [1.807, 2.05) is 0 Å². The first-order valence-corrected chi connectivity index (χ1v) is 9.92. The molecule has 2 aromatic rings. The van der Waals surface area contributed by atoms with Gasteiger partial charge in [-0.25, -0.2) is 9.37 Å². The highest BCUT2D eigenvalue weighted by atomic mass is 35.5. The molecule has 2 N–H and O–H groups in total. The quantitative estimate of drug-likeness (QED) is 0.462. The molecule has 0 saturated heterocycles. The van der Waals surface area contributed by atoms with Gasteiger partial charge in [-0.2, -0.15) is 13.2 Å². The van der Waals surface area contributed by atoms with E-state index >= 15 is 0 Å². The smallest absolute Gasteiger partial charge is 0.387 e. The van der Waals surface area contributed by atoms with E-state index in [-0.39, 0.29) is 47.1 Å². The van der Waals surface area contributed by atoms with Gasteiger partial charge in [0.2, 0.25) is 0 Å². The summed E-state index contributed by atoms with van der Waals surface area (Å²) in [5.41, 5.74) is -2.44. The summed E-state index contributed by atoms with van der Waals surface area (Å²) in [5.74, 6) is -0.795. The minimum atomic E-state index is -4.61. The van der Waals surface area contributed by atoms with Gasteiger partial charge in [-0.05, 0) is 56.0 Å². The predicted octanol–water partition coefficient (Wildman–Crippen LogP) is 5.52. The molecule has 0 bridgehead atoms. The van der Waals surface area contributed by atoms with Crippen LogP contribution in [-0.2, 0) is 6.18 Å². The molecule has 1 fully saturated rings. The van der Waals surface area contributed by atoms with E-state index in [0.717, 1.165) is 12.1 Å². The van der Waals surface area contributed by atoms with Crippen LogP contribution in [0, 0.1) is 0 Å². The lowest BCUT2D eigenvalue weighted by molar-refractivity contribution is -0.137. The number of nitrogens with one attached hydrogen (secondary N) is 1. The number of aromatic nitrogens is 1. The number of halogens is 6. The SMILES string of the molecule is O=C(NC(c1cccc(Cl)n1)C1(O)CCC(F)CC1)c1ccc(C(F)(F)F)cc1Cl. The van der Waals surface area contributed by atoms with Crippen LogP contribution in [0.1, 0.15) is 53.3 Å². The molecule has 1 unspecified atom stereocenters.